The highest BCUT2D eigenvalue weighted by Gasteiger charge is 2.15. The Labute approximate surface area is 100 Å². The van der Waals surface area contributed by atoms with E-state index in [0.717, 1.165) is 11.1 Å². The van der Waals surface area contributed by atoms with Gasteiger partial charge >= 0.3 is 0 Å². The molecular weight excluding hydrogens is 230 g/mol. The third-order valence-corrected chi connectivity index (χ3v) is 2.73. The molecule has 0 saturated carbocycles. The molecule has 0 amide bonds. The van der Waals surface area contributed by atoms with E-state index in [-0.39, 0.29) is 0 Å². The van der Waals surface area contributed by atoms with Gasteiger partial charge in [0, 0.05) is 6.54 Å². The lowest BCUT2D eigenvalue weighted by Crippen LogP contribution is -2.12. The summed E-state index contributed by atoms with van der Waals surface area (Å²) in [5.74, 6) is 1.17. The summed E-state index contributed by atoms with van der Waals surface area (Å²) in [7, 11) is 4.71. The number of hydrogen-bond donors (Lipinski definition) is 1. The molecule has 4 nitrogen and oxygen atoms in total. The molecule has 90 valence electrons. The third-order valence-electron chi connectivity index (χ3n) is 2.33. The number of hydroxylamine groups is 1. The van der Waals surface area contributed by atoms with Crippen molar-refractivity contribution in [1.29, 1.82) is 0 Å². The molecule has 0 heterocycles. The van der Waals surface area contributed by atoms with Gasteiger partial charge in [-0.3, -0.25) is 0 Å². The molecule has 0 saturated heterocycles. The zero-order chi connectivity index (χ0) is 12.1. The minimum atomic E-state index is 0.515. The molecule has 0 radical (unpaired) electrons. The van der Waals surface area contributed by atoms with E-state index in [1.165, 1.54) is 0 Å². The fraction of sp³-hybridized carbons (Fsp3) is 0.455. The molecule has 1 aromatic rings. The Balaban J connectivity index is 3.18. The van der Waals surface area contributed by atoms with Crippen molar-refractivity contribution < 1.29 is 14.3 Å². The Bertz CT molecular complexity index is 369. The predicted molar refractivity (Wildman–Crippen MR) is 63.1 cm³/mol. The quantitative estimate of drug-likeness (QED) is 0.809. The number of benzene rings is 1. The first-order valence-electron chi connectivity index (χ1n) is 4.81. The smallest absolute Gasteiger partial charge is 0.179 e. The number of halogens is 1. The van der Waals surface area contributed by atoms with E-state index in [1.807, 2.05) is 13.0 Å². The average molecular weight is 246 g/mol. The van der Waals surface area contributed by atoms with Gasteiger partial charge in [0.15, 0.2) is 11.5 Å². The van der Waals surface area contributed by atoms with Gasteiger partial charge in [-0.05, 0) is 24.1 Å². The first-order chi connectivity index (χ1) is 7.65. The monoisotopic (exact) mass is 245 g/mol. The molecule has 0 aliphatic rings. The second kappa shape index (κ2) is 5.94. The highest BCUT2D eigenvalue weighted by molar-refractivity contribution is 6.33. The zero-order valence-electron chi connectivity index (χ0n) is 9.89. The molecule has 16 heavy (non-hydrogen) atoms. The van der Waals surface area contributed by atoms with Gasteiger partial charge in [-0.1, -0.05) is 11.6 Å². The van der Waals surface area contributed by atoms with Crippen LogP contribution in [0.4, 0.5) is 0 Å². The molecule has 0 fully saturated rings. The Morgan fingerprint density at radius 1 is 1.25 bits per heavy atom. The first kappa shape index (κ1) is 13.1. The maximum absolute atomic E-state index is 6.23. The molecule has 0 unspecified atom stereocenters. The van der Waals surface area contributed by atoms with Crippen molar-refractivity contribution in [3.05, 3.63) is 22.2 Å². The van der Waals surface area contributed by atoms with Crippen LogP contribution < -0.4 is 15.0 Å². The average Bonchev–Trinajstić information content (AvgIpc) is 2.28. The fourth-order valence-electron chi connectivity index (χ4n) is 1.47. The molecule has 0 aliphatic carbocycles. The van der Waals surface area contributed by atoms with Crippen LogP contribution in [0.5, 0.6) is 11.5 Å². The summed E-state index contributed by atoms with van der Waals surface area (Å²) in [4.78, 5) is 4.81. The molecule has 0 spiro atoms. The van der Waals surface area contributed by atoms with Crippen molar-refractivity contribution >= 4 is 11.6 Å². The van der Waals surface area contributed by atoms with Crippen LogP contribution in [0, 0.1) is 6.92 Å². The second-order valence-corrected chi connectivity index (χ2v) is 3.62. The Morgan fingerprint density at radius 2 is 1.94 bits per heavy atom. The standard InChI is InChI=1S/C11H16ClNO3/c1-7-5-9(14-2)11(15-3)10(12)8(7)6-13-16-4/h5,13H,6H2,1-4H3. The summed E-state index contributed by atoms with van der Waals surface area (Å²) in [5, 5.41) is 0.545. The number of ether oxygens (including phenoxy) is 2. The van der Waals surface area contributed by atoms with Gasteiger partial charge in [-0.25, -0.2) is 0 Å². The topological polar surface area (TPSA) is 39.7 Å². The van der Waals surface area contributed by atoms with Gasteiger partial charge in [0.1, 0.15) is 0 Å². The van der Waals surface area contributed by atoms with Crippen molar-refractivity contribution in [1.82, 2.24) is 5.48 Å². The zero-order valence-corrected chi connectivity index (χ0v) is 10.6. The van der Waals surface area contributed by atoms with Crippen LogP contribution in [-0.2, 0) is 11.4 Å². The van der Waals surface area contributed by atoms with E-state index in [0.29, 0.717) is 23.1 Å². The summed E-state index contributed by atoms with van der Waals surface area (Å²) < 4.78 is 10.4. The van der Waals surface area contributed by atoms with Crippen LogP contribution in [0.1, 0.15) is 11.1 Å². The number of rotatable bonds is 5. The number of hydrogen-bond acceptors (Lipinski definition) is 4. The first-order valence-corrected chi connectivity index (χ1v) is 5.19. The van der Waals surface area contributed by atoms with Crippen molar-refractivity contribution in [2.75, 3.05) is 21.3 Å². The lowest BCUT2D eigenvalue weighted by Gasteiger charge is -2.15. The summed E-state index contributed by atoms with van der Waals surface area (Å²) in [6.45, 7) is 2.47. The van der Waals surface area contributed by atoms with E-state index in [4.69, 9.17) is 25.9 Å². The van der Waals surface area contributed by atoms with Gasteiger partial charge in [0.2, 0.25) is 0 Å². The summed E-state index contributed by atoms with van der Waals surface area (Å²) in [6.07, 6.45) is 0. The highest BCUT2D eigenvalue weighted by atomic mass is 35.5. The maximum atomic E-state index is 6.23. The van der Waals surface area contributed by atoms with Gasteiger partial charge in [0.25, 0.3) is 0 Å². The van der Waals surface area contributed by atoms with Crippen LogP contribution in [0.25, 0.3) is 0 Å². The Kier molecular flexibility index (Phi) is 4.86. The molecule has 0 aliphatic heterocycles. The normalized spacial score (nSPS) is 10.3. The van der Waals surface area contributed by atoms with Crippen molar-refractivity contribution in [2.24, 2.45) is 0 Å². The minimum Gasteiger partial charge on any atom is -0.493 e. The van der Waals surface area contributed by atoms with Crippen LogP contribution >= 0.6 is 11.6 Å². The van der Waals surface area contributed by atoms with E-state index in [1.54, 1.807) is 21.3 Å². The van der Waals surface area contributed by atoms with E-state index >= 15 is 0 Å². The third kappa shape index (κ3) is 2.58. The van der Waals surface area contributed by atoms with E-state index in [2.05, 4.69) is 5.48 Å². The number of aryl methyl sites for hydroxylation is 1. The van der Waals surface area contributed by atoms with Gasteiger partial charge in [0.05, 0.1) is 26.4 Å². The van der Waals surface area contributed by atoms with Gasteiger partial charge < -0.3 is 14.3 Å². The van der Waals surface area contributed by atoms with Crippen LogP contribution in [0.15, 0.2) is 6.07 Å². The second-order valence-electron chi connectivity index (χ2n) is 3.25. The van der Waals surface area contributed by atoms with Gasteiger partial charge in [-0.2, -0.15) is 5.48 Å². The van der Waals surface area contributed by atoms with E-state index < -0.39 is 0 Å². The molecule has 1 rings (SSSR count). The van der Waals surface area contributed by atoms with E-state index in [9.17, 15) is 0 Å². The molecule has 1 aromatic carbocycles. The summed E-state index contributed by atoms with van der Waals surface area (Å²) >= 11 is 6.23. The molecule has 1 N–H and O–H groups in total. The lowest BCUT2D eigenvalue weighted by atomic mass is 10.1. The number of nitrogens with one attached hydrogen (secondary N) is 1. The minimum absolute atomic E-state index is 0.515. The maximum Gasteiger partial charge on any atom is 0.179 e. The fourth-order valence-corrected chi connectivity index (χ4v) is 1.86. The molecule has 0 bridgehead atoms. The van der Waals surface area contributed by atoms with Crippen LogP contribution in [0.2, 0.25) is 5.02 Å². The highest BCUT2D eigenvalue weighted by Crippen LogP contribution is 2.39. The van der Waals surface area contributed by atoms with Gasteiger partial charge in [-0.15, -0.1) is 0 Å². The lowest BCUT2D eigenvalue weighted by molar-refractivity contribution is 0.0865. The summed E-state index contributed by atoms with van der Waals surface area (Å²) in [6, 6.07) is 1.89. The predicted octanol–water partition coefficient (Wildman–Crippen LogP) is 2.32. The van der Waals surface area contributed by atoms with Crippen molar-refractivity contribution in [2.45, 2.75) is 13.5 Å². The molecular formula is C11H16ClNO3. The van der Waals surface area contributed by atoms with Crippen LogP contribution in [-0.4, -0.2) is 21.3 Å². The van der Waals surface area contributed by atoms with Crippen molar-refractivity contribution in [3.8, 4) is 11.5 Å². The number of methoxy groups -OCH3 is 2. The molecule has 0 atom stereocenters. The van der Waals surface area contributed by atoms with Crippen LogP contribution in [0.3, 0.4) is 0 Å². The summed E-state index contributed by atoms with van der Waals surface area (Å²) in [5.41, 5.74) is 4.71. The molecule has 5 heteroatoms. The SMILES string of the molecule is CONCc1c(C)cc(OC)c(OC)c1Cl. The van der Waals surface area contributed by atoms with Crippen molar-refractivity contribution in [3.63, 3.8) is 0 Å². The molecule has 0 aromatic heterocycles. The Hall–Kier alpha value is -0.970. The Morgan fingerprint density at radius 3 is 2.44 bits per heavy atom. The largest absolute Gasteiger partial charge is 0.493 e.